The Morgan fingerprint density at radius 1 is 0.971 bits per heavy atom. The van der Waals surface area contributed by atoms with E-state index in [1.54, 1.807) is 48.7 Å². The quantitative estimate of drug-likeness (QED) is 0.329. The van der Waals surface area contributed by atoms with Crippen LogP contribution in [0, 0.1) is 0 Å². The zero-order chi connectivity index (χ0) is 23.7. The molecule has 170 valence electrons. The molecule has 2 aromatic heterocycles. The van der Waals surface area contributed by atoms with Gasteiger partial charge in [0, 0.05) is 39.0 Å². The number of halogens is 1. The summed E-state index contributed by atoms with van der Waals surface area (Å²) >= 11 is 7.42. The van der Waals surface area contributed by atoms with E-state index >= 15 is 0 Å². The smallest absolute Gasteiger partial charge is 0.257 e. The van der Waals surface area contributed by atoms with Crippen LogP contribution in [0.1, 0.15) is 27.0 Å². The second kappa shape index (κ2) is 9.29. The number of nitrogens with one attached hydrogen (secondary N) is 1. The number of ketones is 1. The first-order chi connectivity index (χ1) is 16.5. The number of thiophene rings is 1. The highest BCUT2D eigenvalue weighted by Crippen LogP contribution is 2.37. The molecule has 0 spiro atoms. The Balaban J connectivity index is 1.51. The Morgan fingerprint density at radius 3 is 2.47 bits per heavy atom. The third-order valence-corrected chi connectivity index (χ3v) is 6.76. The zero-order valence-corrected chi connectivity index (χ0v) is 19.7. The normalized spacial score (nSPS) is 12.3. The maximum atomic E-state index is 13.1. The molecule has 0 unspecified atom stereocenters. The van der Waals surface area contributed by atoms with E-state index in [1.165, 1.54) is 18.3 Å². The topological polar surface area (TPSA) is 77.5 Å². The molecule has 8 heteroatoms. The molecule has 4 aromatic rings. The third-order valence-electron chi connectivity index (χ3n) is 5.29. The molecule has 34 heavy (non-hydrogen) atoms. The Morgan fingerprint density at radius 2 is 1.74 bits per heavy atom. The van der Waals surface area contributed by atoms with Gasteiger partial charge in [0.05, 0.1) is 16.1 Å². The minimum atomic E-state index is -0.309. The molecule has 6 nitrogen and oxygen atoms in total. The summed E-state index contributed by atoms with van der Waals surface area (Å²) in [6.45, 7) is 2.50. The van der Waals surface area contributed by atoms with Crippen molar-refractivity contribution in [2.75, 3.05) is 18.5 Å². The summed E-state index contributed by atoms with van der Waals surface area (Å²) in [5, 5.41) is 3.52. The summed E-state index contributed by atoms with van der Waals surface area (Å²) < 4.78 is 11.1. The Kier molecular flexibility index (Phi) is 6.04. The van der Waals surface area contributed by atoms with Crippen LogP contribution in [0.3, 0.4) is 0 Å². The lowest BCUT2D eigenvalue weighted by Crippen LogP contribution is -2.16. The van der Waals surface area contributed by atoms with Gasteiger partial charge >= 0.3 is 0 Å². The van der Waals surface area contributed by atoms with Crippen LogP contribution in [-0.4, -0.2) is 29.9 Å². The van der Waals surface area contributed by atoms with Gasteiger partial charge in [-0.05, 0) is 49.4 Å². The average Bonchev–Trinajstić information content (AvgIpc) is 3.35. The van der Waals surface area contributed by atoms with E-state index in [9.17, 15) is 9.59 Å². The average molecular weight is 491 g/mol. The first-order valence-electron chi connectivity index (χ1n) is 10.6. The van der Waals surface area contributed by atoms with Crippen molar-refractivity contribution in [2.45, 2.75) is 6.92 Å². The number of ether oxygens (including phenoxy) is 2. The summed E-state index contributed by atoms with van der Waals surface area (Å²) in [5.74, 6) is 0.928. The van der Waals surface area contributed by atoms with Crippen molar-refractivity contribution in [1.82, 2.24) is 4.98 Å². The second-order valence-electron chi connectivity index (χ2n) is 7.66. The molecule has 1 aliphatic rings. The molecule has 5 rings (SSSR count). The van der Waals surface area contributed by atoms with Crippen molar-refractivity contribution in [2.24, 2.45) is 0 Å². The molecule has 1 amide bonds. The fraction of sp³-hybridized carbons (Fsp3) is 0.115. The van der Waals surface area contributed by atoms with Gasteiger partial charge in [0.25, 0.3) is 5.91 Å². The largest absolute Gasteiger partial charge is 0.486 e. The Bertz CT molecular complexity index is 1400. The van der Waals surface area contributed by atoms with Crippen molar-refractivity contribution in [3.05, 3.63) is 82.3 Å². The number of hydrogen-bond donors (Lipinski definition) is 1. The van der Waals surface area contributed by atoms with Gasteiger partial charge in [-0.25, -0.2) is 0 Å². The second-order valence-corrected chi connectivity index (χ2v) is 9.18. The Labute approximate surface area is 205 Å². The van der Waals surface area contributed by atoms with Gasteiger partial charge in [0.1, 0.15) is 13.2 Å². The molecule has 0 bridgehead atoms. The summed E-state index contributed by atoms with van der Waals surface area (Å²) in [4.78, 5) is 31.0. The number of Topliss-reactive ketones (excluding diaryl/α,β-unsaturated/α-hetero) is 1. The highest BCUT2D eigenvalue weighted by atomic mass is 35.5. The van der Waals surface area contributed by atoms with Crippen LogP contribution >= 0.6 is 22.9 Å². The van der Waals surface area contributed by atoms with Gasteiger partial charge in [-0.2, -0.15) is 0 Å². The van der Waals surface area contributed by atoms with Gasteiger partial charge in [-0.1, -0.05) is 23.7 Å². The van der Waals surface area contributed by atoms with Crippen LogP contribution in [-0.2, 0) is 0 Å². The minimum Gasteiger partial charge on any atom is -0.486 e. The SMILES string of the molecule is CC(=O)c1ccc(-c2cc(C(=O)Nc3ccc4c(c3)OCCO4)cnc2-c2ccc(Cl)cc2)s1. The summed E-state index contributed by atoms with van der Waals surface area (Å²) in [6.07, 6.45) is 1.54. The van der Waals surface area contributed by atoms with E-state index in [4.69, 9.17) is 21.1 Å². The minimum absolute atomic E-state index is 0.00948. The number of anilines is 1. The number of aromatic nitrogens is 1. The molecule has 0 aliphatic carbocycles. The van der Waals surface area contributed by atoms with Gasteiger partial charge in [0.2, 0.25) is 0 Å². The molecule has 0 radical (unpaired) electrons. The van der Waals surface area contributed by atoms with Crippen molar-refractivity contribution in [3.8, 4) is 33.2 Å². The van der Waals surface area contributed by atoms with Gasteiger partial charge in [-0.15, -0.1) is 11.3 Å². The highest BCUT2D eigenvalue weighted by Gasteiger charge is 2.18. The summed E-state index contributed by atoms with van der Waals surface area (Å²) in [6, 6.07) is 18.1. The van der Waals surface area contributed by atoms with E-state index in [0.29, 0.717) is 51.6 Å². The predicted molar refractivity (Wildman–Crippen MR) is 133 cm³/mol. The van der Waals surface area contributed by atoms with Gasteiger partial charge < -0.3 is 14.8 Å². The van der Waals surface area contributed by atoms with Crippen LogP contribution in [0.2, 0.25) is 5.02 Å². The van der Waals surface area contributed by atoms with Crippen molar-refractivity contribution >= 4 is 40.3 Å². The third kappa shape index (κ3) is 4.53. The number of fused-ring (bicyclic) bond motifs is 1. The number of carbonyl (C=O) groups excluding carboxylic acids is 2. The number of hydrogen-bond acceptors (Lipinski definition) is 6. The number of carbonyl (C=O) groups is 2. The number of rotatable bonds is 5. The van der Waals surface area contributed by atoms with Crippen molar-refractivity contribution < 1.29 is 19.1 Å². The van der Waals surface area contributed by atoms with E-state index in [1.807, 2.05) is 18.2 Å². The highest BCUT2D eigenvalue weighted by molar-refractivity contribution is 7.17. The monoisotopic (exact) mass is 490 g/mol. The predicted octanol–water partition coefficient (Wildman–Crippen LogP) is 6.36. The molecule has 2 aromatic carbocycles. The van der Waals surface area contributed by atoms with E-state index in [-0.39, 0.29) is 11.7 Å². The summed E-state index contributed by atoms with van der Waals surface area (Å²) in [7, 11) is 0. The maximum absolute atomic E-state index is 13.1. The standard InChI is InChI=1S/C26H19ClN2O4S/c1-15(30)23-8-9-24(34-23)20-12-17(14-28-25(20)16-2-4-18(27)5-3-16)26(31)29-19-6-7-21-22(13-19)33-11-10-32-21/h2-9,12-14H,10-11H2,1H3,(H,29,31). The Hall–Kier alpha value is -3.68. The molecule has 1 N–H and O–H groups in total. The van der Waals surface area contributed by atoms with Crippen LogP contribution in [0.4, 0.5) is 5.69 Å². The number of benzene rings is 2. The van der Waals surface area contributed by atoms with Crippen LogP contribution < -0.4 is 14.8 Å². The molecule has 0 saturated carbocycles. The maximum Gasteiger partial charge on any atom is 0.257 e. The van der Waals surface area contributed by atoms with Gasteiger partial charge in [0.15, 0.2) is 17.3 Å². The lowest BCUT2D eigenvalue weighted by atomic mass is 10.0. The fourth-order valence-corrected chi connectivity index (χ4v) is 4.66. The first kappa shape index (κ1) is 22.1. The van der Waals surface area contributed by atoms with Gasteiger partial charge in [-0.3, -0.25) is 14.6 Å². The van der Waals surface area contributed by atoms with E-state index < -0.39 is 0 Å². The van der Waals surface area contributed by atoms with Crippen molar-refractivity contribution in [3.63, 3.8) is 0 Å². The number of nitrogens with zero attached hydrogens (tertiary/aromatic N) is 1. The fourth-order valence-electron chi connectivity index (χ4n) is 3.61. The molecular formula is C26H19ClN2O4S. The molecule has 0 atom stereocenters. The van der Waals surface area contributed by atoms with Crippen LogP contribution in [0.25, 0.3) is 21.7 Å². The summed E-state index contributed by atoms with van der Waals surface area (Å²) in [5.41, 5.74) is 3.29. The van der Waals surface area contributed by atoms with E-state index in [0.717, 1.165) is 16.0 Å². The lowest BCUT2D eigenvalue weighted by molar-refractivity contribution is 0.101. The zero-order valence-electron chi connectivity index (χ0n) is 18.1. The molecule has 0 fully saturated rings. The molecular weight excluding hydrogens is 472 g/mol. The first-order valence-corrected chi connectivity index (χ1v) is 11.8. The number of pyridine rings is 1. The molecule has 1 aliphatic heterocycles. The number of amides is 1. The lowest BCUT2D eigenvalue weighted by Gasteiger charge is -2.19. The van der Waals surface area contributed by atoms with Crippen LogP contribution in [0.15, 0.2) is 66.9 Å². The van der Waals surface area contributed by atoms with Crippen molar-refractivity contribution in [1.29, 1.82) is 0 Å². The molecule has 0 saturated heterocycles. The van der Waals surface area contributed by atoms with Crippen LogP contribution in [0.5, 0.6) is 11.5 Å². The van der Waals surface area contributed by atoms with E-state index in [2.05, 4.69) is 10.3 Å². The molecule has 3 heterocycles.